The summed E-state index contributed by atoms with van der Waals surface area (Å²) in [4.78, 5) is 18.3. The van der Waals surface area contributed by atoms with Gasteiger partial charge in [-0.2, -0.15) is 0 Å². The van der Waals surface area contributed by atoms with Crippen LogP contribution in [0.25, 0.3) is 10.6 Å². The zero-order chi connectivity index (χ0) is 13.7. The summed E-state index contributed by atoms with van der Waals surface area (Å²) in [5.41, 5.74) is 1.04. The van der Waals surface area contributed by atoms with Gasteiger partial charge >= 0.3 is 5.97 Å². The number of carboxylic acid groups (broad SMARTS) is 1. The van der Waals surface area contributed by atoms with Crippen molar-refractivity contribution in [1.82, 2.24) is 9.88 Å². The van der Waals surface area contributed by atoms with E-state index >= 15 is 0 Å². The number of hydrogen-bond donors (Lipinski definition) is 1. The van der Waals surface area contributed by atoms with E-state index in [1.54, 1.807) is 22.7 Å². The summed E-state index contributed by atoms with van der Waals surface area (Å²) in [6, 6.07) is 4.10. The minimum absolute atomic E-state index is 0.189. The second-order valence-electron chi connectivity index (χ2n) is 4.30. The standard InChI is InChI=1S/C13H16N2O2S2/c1-15(7-5-13(16)17)6-4-12-14-10(9-19-12)11-3-2-8-18-11/h2-3,8-9H,4-7H2,1H3,(H,16,17). The summed E-state index contributed by atoms with van der Waals surface area (Å²) in [5.74, 6) is -0.749. The molecule has 19 heavy (non-hydrogen) atoms. The largest absolute Gasteiger partial charge is 0.481 e. The van der Waals surface area contributed by atoms with E-state index in [2.05, 4.69) is 16.4 Å². The van der Waals surface area contributed by atoms with Crippen molar-refractivity contribution >= 4 is 28.6 Å². The molecular formula is C13H16N2O2S2. The Labute approximate surface area is 120 Å². The van der Waals surface area contributed by atoms with Gasteiger partial charge in [0, 0.05) is 24.9 Å². The van der Waals surface area contributed by atoms with Crippen molar-refractivity contribution in [2.24, 2.45) is 0 Å². The lowest BCUT2D eigenvalue weighted by molar-refractivity contribution is -0.137. The zero-order valence-electron chi connectivity index (χ0n) is 10.7. The molecule has 1 N–H and O–H groups in total. The van der Waals surface area contributed by atoms with Crippen molar-refractivity contribution in [2.45, 2.75) is 12.8 Å². The fourth-order valence-electron chi connectivity index (χ4n) is 1.65. The summed E-state index contributed by atoms with van der Waals surface area (Å²) >= 11 is 3.36. The number of hydrogen-bond acceptors (Lipinski definition) is 5. The molecule has 0 saturated heterocycles. The van der Waals surface area contributed by atoms with Crippen molar-refractivity contribution in [3.63, 3.8) is 0 Å². The van der Waals surface area contributed by atoms with E-state index in [0.29, 0.717) is 6.54 Å². The van der Waals surface area contributed by atoms with Crippen LogP contribution in [-0.2, 0) is 11.2 Å². The molecule has 0 unspecified atom stereocenters. The summed E-state index contributed by atoms with van der Waals surface area (Å²) in [5, 5.41) is 13.9. The molecule has 0 aliphatic carbocycles. The quantitative estimate of drug-likeness (QED) is 0.853. The van der Waals surface area contributed by atoms with Crippen LogP contribution >= 0.6 is 22.7 Å². The molecule has 0 aliphatic rings. The van der Waals surface area contributed by atoms with Gasteiger partial charge in [-0.15, -0.1) is 22.7 Å². The fourth-order valence-corrected chi connectivity index (χ4v) is 3.20. The van der Waals surface area contributed by atoms with E-state index in [9.17, 15) is 4.79 Å². The van der Waals surface area contributed by atoms with Crippen molar-refractivity contribution < 1.29 is 9.90 Å². The van der Waals surface area contributed by atoms with Crippen molar-refractivity contribution in [1.29, 1.82) is 0 Å². The molecule has 0 spiro atoms. The molecule has 4 nitrogen and oxygen atoms in total. The summed E-state index contributed by atoms with van der Waals surface area (Å²) in [6.45, 7) is 1.42. The first-order valence-corrected chi connectivity index (χ1v) is 7.79. The maximum absolute atomic E-state index is 10.5. The Bertz CT molecular complexity index is 522. The Hall–Kier alpha value is -1.24. The van der Waals surface area contributed by atoms with Gasteiger partial charge in [-0.3, -0.25) is 4.79 Å². The van der Waals surface area contributed by atoms with Gasteiger partial charge in [-0.1, -0.05) is 6.07 Å². The number of aromatic nitrogens is 1. The van der Waals surface area contributed by atoms with Gasteiger partial charge in [0.05, 0.1) is 22.0 Å². The topological polar surface area (TPSA) is 53.4 Å². The number of carbonyl (C=O) groups is 1. The Morgan fingerprint density at radius 3 is 2.95 bits per heavy atom. The highest BCUT2D eigenvalue weighted by molar-refractivity contribution is 7.14. The highest BCUT2D eigenvalue weighted by Crippen LogP contribution is 2.26. The molecular weight excluding hydrogens is 280 g/mol. The lowest BCUT2D eigenvalue weighted by atomic mass is 10.3. The molecule has 0 fully saturated rings. The van der Waals surface area contributed by atoms with Crippen molar-refractivity contribution in [2.75, 3.05) is 20.1 Å². The van der Waals surface area contributed by atoms with Crippen LogP contribution < -0.4 is 0 Å². The van der Waals surface area contributed by atoms with Gasteiger partial charge in [-0.05, 0) is 18.5 Å². The molecule has 2 aromatic rings. The van der Waals surface area contributed by atoms with Crippen LogP contribution in [0.5, 0.6) is 0 Å². The second kappa shape index (κ2) is 6.79. The molecule has 0 bridgehead atoms. The van der Waals surface area contributed by atoms with E-state index < -0.39 is 5.97 Å². The van der Waals surface area contributed by atoms with E-state index in [1.807, 2.05) is 23.4 Å². The Kier molecular flexibility index (Phi) is 5.07. The number of carboxylic acids is 1. The molecule has 2 aromatic heterocycles. The highest BCUT2D eigenvalue weighted by atomic mass is 32.1. The lowest BCUT2D eigenvalue weighted by Gasteiger charge is -2.13. The average molecular weight is 296 g/mol. The number of aliphatic carboxylic acids is 1. The summed E-state index contributed by atoms with van der Waals surface area (Å²) in [6.07, 6.45) is 1.06. The van der Waals surface area contributed by atoms with Gasteiger partial charge in [0.25, 0.3) is 0 Å². The molecule has 0 amide bonds. The van der Waals surface area contributed by atoms with Gasteiger partial charge in [-0.25, -0.2) is 4.98 Å². The molecule has 6 heteroatoms. The number of thiophene rings is 1. The van der Waals surface area contributed by atoms with Crippen LogP contribution in [0, 0.1) is 0 Å². The van der Waals surface area contributed by atoms with E-state index in [1.165, 1.54) is 4.88 Å². The zero-order valence-corrected chi connectivity index (χ0v) is 12.3. The Morgan fingerprint density at radius 2 is 2.26 bits per heavy atom. The fraction of sp³-hybridized carbons (Fsp3) is 0.385. The maximum atomic E-state index is 10.5. The Morgan fingerprint density at radius 1 is 1.42 bits per heavy atom. The van der Waals surface area contributed by atoms with Gasteiger partial charge in [0.1, 0.15) is 0 Å². The number of nitrogens with zero attached hydrogens (tertiary/aromatic N) is 2. The van der Waals surface area contributed by atoms with E-state index in [-0.39, 0.29) is 6.42 Å². The van der Waals surface area contributed by atoms with Crippen LogP contribution in [-0.4, -0.2) is 41.1 Å². The van der Waals surface area contributed by atoms with E-state index in [0.717, 1.165) is 23.7 Å². The third kappa shape index (κ3) is 4.41. The molecule has 2 rings (SSSR count). The van der Waals surface area contributed by atoms with Crippen LogP contribution in [0.4, 0.5) is 0 Å². The minimum atomic E-state index is -0.749. The molecule has 102 valence electrons. The average Bonchev–Trinajstić information content (AvgIpc) is 3.03. The first kappa shape index (κ1) is 14.2. The number of rotatable bonds is 7. The third-order valence-electron chi connectivity index (χ3n) is 2.74. The van der Waals surface area contributed by atoms with Crippen molar-refractivity contribution in [3.05, 3.63) is 27.9 Å². The first-order valence-electron chi connectivity index (χ1n) is 6.04. The number of thiazole rings is 1. The minimum Gasteiger partial charge on any atom is -0.481 e. The van der Waals surface area contributed by atoms with Crippen LogP contribution in [0.1, 0.15) is 11.4 Å². The Balaban J connectivity index is 1.82. The van der Waals surface area contributed by atoms with Crippen molar-refractivity contribution in [3.8, 4) is 10.6 Å². The van der Waals surface area contributed by atoms with Gasteiger partial charge in [0.15, 0.2) is 0 Å². The second-order valence-corrected chi connectivity index (χ2v) is 6.19. The van der Waals surface area contributed by atoms with E-state index in [4.69, 9.17) is 5.11 Å². The third-order valence-corrected chi connectivity index (χ3v) is 4.54. The summed E-state index contributed by atoms with van der Waals surface area (Å²) < 4.78 is 0. The predicted octanol–water partition coefficient (Wildman–Crippen LogP) is 2.82. The molecule has 0 aliphatic heterocycles. The lowest BCUT2D eigenvalue weighted by Crippen LogP contribution is -2.24. The highest BCUT2D eigenvalue weighted by Gasteiger charge is 2.07. The van der Waals surface area contributed by atoms with Crippen LogP contribution in [0.2, 0.25) is 0 Å². The molecule has 0 saturated carbocycles. The molecule has 0 atom stereocenters. The molecule has 0 radical (unpaired) electrons. The van der Waals surface area contributed by atoms with Gasteiger partial charge in [0.2, 0.25) is 0 Å². The summed E-state index contributed by atoms with van der Waals surface area (Å²) in [7, 11) is 1.94. The molecule has 0 aromatic carbocycles. The first-order chi connectivity index (χ1) is 9.15. The SMILES string of the molecule is CN(CCC(=O)O)CCc1nc(-c2cccs2)cs1. The van der Waals surface area contributed by atoms with Crippen LogP contribution in [0.3, 0.4) is 0 Å². The molecule has 2 heterocycles. The monoisotopic (exact) mass is 296 g/mol. The maximum Gasteiger partial charge on any atom is 0.304 e. The normalized spacial score (nSPS) is 11.1. The predicted molar refractivity (Wildman–Crippen MR) is 78.9 cm³/mol. The van der Waals surface area contributed by atoms with Crippen LogP contribution in [0.15, 0.2) is 22.9 Å². The van der Waals surface area contributed by atoms with Gasteiger partial charge < -0.3 is 10.0 Å². The number of likely N-dealkylation sites (N-methyl/N-ethyl adjacent to an activating group) is 1. The smallest absolute Gasteiger partial charge is 0.304 e.